The second-order valence-corrected chi connectivity index (χ2v) is 5.06. The van der Waals surface area contributed by atoms with Crippen molar-refractivity contribution in [3.63, 3.8) is 0 Å². The van der Waals surface area contributed by atoms with Gasteiger partial charge in [-0.05, 0) is 25.2 Å². The van der Waals surface area contributed by atoms with Gasteiger partial charge in [-0.1, -0.05) is 20.8 Å². The Bertz CT molecular complexity index is 363. The Morgan fingerprint density at radius 1 is 1.44 bits per heavy atom. The summed E-state index contributed by atoms with van der Waals surface area (Å²) in [4.78, 5) is 4.78. The van der Waals surface area contributed by atoms with Crippen LogP contribution >= 0.6 is 0 Å². The first-order valence-electron chi connectivity index (χ1n) is 6.52. The van der Waals surface area contributed by atoms with E-state index in [0.717, 1.165) is 43.2 Å². The summed E-state index contributed by atoms with van der Waals surface area (Å²) in [6.07, 6.45) is 4.58. The fraction of sp³-hybridized carbons (Fsp3) is 0.769. The molecule has 0 saturated heterocycles. The maximum atomic E-state index is 6.22. The average Bonchev–Trinajstić information content (AvgIpc) is 2.58. The van der Waals surface area contributed by atoms with Crippen molar-refractivity contribution in [2.24, 2.45) is 5.92 Å². The van der Waals surface area contributed by atoms with E-state index in [1.165, 1.54) is 12.2 Å². The topological polar surface area (TPSA) is 43.8 Å². The highest BCUT2D eigenvalue weighted by molar-refractivity contribution is 5.41. The van der Waals surface area contributed by atoms with E-state index in [1.54, 1.807) is 0 Å². The highest BCUT2D eigenvalue weighted by atomic mass is 15.1. The Morgan fingerprint density at radius 3 is 2.75 bits per heavy atom. The molecule has 0 amide bonds. The van der Waals surface area contributed by atoms with Crippen molar-refractivity contribution < 1.29 is 0 Å². The minimum atomic E-state index is 0.536. The van der Waals surface area contributed by atoms with Crippen LogP contribution in [0, 0.1) is 5.92 Å². The van der Waals surface area contributed by atoms with E-state index in [4.69, 9.17) is 10.7 Å². The van der Waals surface area contributed by atoms with Gasteiger partial charge in [-0.2, -0.15) is 0 Å². The largest absolute Gasteiger partial charge is 0.384 e. The number of hydrogen-bond acceptors (Lipinski definition) is 2. The van der Waals surface area contributed by atoms with Crippen molar-refractivity contribution in [3.05, 3.63) is 11.5 Å². The number of anilines is 1. The number of nitrogens with two attached hydrogens (primary N) is 1. The number of aromatic nitrogens is 2. The summed E-state index contributed by atoms with van der Waals surface area (Å²) < 4.78 is 2.23. The van der Waals surface area contributed by atoms with Gasteiger partial charge < -0.3 is 10.3 Å². The molecular formula is C13H23N3. The summed E-state index contributed by atoms with van der Waals surface area (Å²) in [6, 6.07) is 0. The van der Waals surface area contributed by atoms with E-state index in [2.05, 4.69) is 25.3 Å². The molecule has 16 heavy (non-hydrogen) atoms. The van der Waals surface area contributed by atoms with Crippen molar-refractivity contribution in [2.75, 3.05) is 5.73 Å². The van der Waals surface area contributed by atoms with Crippen LogP contribution in [0.1, 0.15) is 57.5 Å². The Labute approximate surface area is 98.1 Å². The molecule has 1 aliphatic rings. The van der Waals surface area contributed by atoms with Crippen LogP contribution in [0.5, 0.6) is 0 Å². The summed E-state index contributed by atoms with van der Waals surface area (Å²) in [5.74, 6) is 3.42. The van der Waals surface area contributed by atoms with Crippen LogP contribution in [-0.2, 0) is 13.0 Å². The number of imidazole rings is 1. The molecule has 0 radical (unpaired) electrons. The summed E-state index contributed by atoms with van der Waals surface area (Å²) >= 11 is 0. The van der Waals surface area contributed by atoms with Gasteiger partial charge in [0.25, 0.3) is 0 Å². The molecule has 1 unspecified atom stereocenters. The average molecular weight is 221 g/mol. The molecule has 2 rings (SSSR count). The van der Waals surface area contributed by atoms with Crippen molar-refractivity contribution in [1.29, 1.82) is 0 Å². The predicted octanol–water partition coefficient (Wildman–Crippen LogP) is 2.95. The standard InChI is InChI=1S/C13H23N3/c1-4-10(5-2)12-13(14)16-7-6-9(3)8-11(16)15-12/h9-10H,4-8,14H2,1-3H3. The van der Waals surface area contributed by atoms with Crippen LogP contribution < -0.4 is 5.73 Å². The van der Waals surface area contributed by atoms with Gasteiger partial charge in [-0.25, -0.2) is 4.98 Å². The second-order valence-electron chi connectivity index (χ2n) is 5.06. The van der Waals surface area contributed by atoms with E-state index in [1.807, 2.05) is 0 Å². The van der Waals surface area contributed by atoms with Crippen LogP contribution in [0.4, 0.5) is 5.82 Å². The lowest BCUT2D eigenvalue weighted by Gasteiger charge is -2.20. The summed E-state index contributed by atoms with van der Waals surface area (Å²) in [5, 5.41) is 0. The minimum Gasteiger partial charge on any atom is -0.384 e. The molecule has 3 heteroatoms. The maximum absolute atomic E-state index is 6.22. The van der Waals surface area contributed by atoms with Gasteiger partial charge in [-0.15, -0.1) is 0 Å². The van der Waals surface area contributed by atoms with Crippen LogP contribution in [0.15, 0.2) is 0 Å². The summed E-state index contributed by atoms with van der Waals surface area (Å²) in [5.41, 5.74) is 7.37. The van der Waals surface area contributed by atoms with Gasteiger partial charge in [0, 0.05) is 18.9 Å². The molecule has 1 atom stereocenters. The lowest BCUT2D eigenvalue weighted by Crippen LogP contribution is -2.18. The monoisotopic (exact) mass is 221 g/mol. The molecule has 0 spiro atoms. The van der Waals surface area contributed by atoms with Crippen LogP contribution in [0.2, 0.25) is 0 Å². The van der Waals surface area contributed by atoms with E-state index in [9.17, 15) is 0 Å². The summed E-state index contributed by atoms with van der Waals surface area (Å²) in [6.45, 7) is 7.78. The summed E-state index contributed by atoms with van der Waals surface area (Å²) in [7, 11) is 0. The normalized spacial score (nSPS) is 20.1. The molecule has 0 bridgehead atoms. The zero-order valence-corrected chi connectivity index (χ0v) is 10.7. The van der Waals surface area contributed by atoms with Crippen molar-refractivity contribution in [2.45, 2.75) is 58.9 Å². The van der Waals surface area contributed by atoms with Gasteiger partial charge in [-0.3, -0.25) is 0 Å². The molecule has 0 aliphatic carbocycles. The lowest BCUT2D eigenvalue weighted by atomic mass is 9.99. The van der Waals surface area contributed by atoms with Gasteiger partial charge in [0.2, 0.25) is 0 Å². The van der Waals surface area contributed by atoms with Crippen molar-refractivity contribution in [1.82, 2.24) is 9.55 Å². The van der Waals surface area contributed by atoms with E-state index >= 15 is 0 Å². The van der Waals surface area contributed by atoms with E-state index in [0.29, 0.717) is 5.92 Å². The highest BCUT2D eigenvalue weighted by Crippen LogP contribution is 2.31. The first-order valence-corrected chi connectivity index (χ1v) is 6.52. The zero-order valence-electron chi connectivity index (χ0n) is 10.7. The minimum absolute atomic E-state index is 0.536. The SMILES string of the molecule is CCC(CC)c1nc2n(c1N)CCC(C)C2. The van der Waals surface area contributed by atoms with Gasteiger partial charge in [0.05, 0.1) is 5.69 Å². The van der Waals surface area contributed by atoms with Crippen LogP contribution in [-0.4, -0.2) is 9.55 Å². The number of hydrogen-bond donors (Lipinski definition) is 1. The molecule has 2 N–H and O–H groups in total. The zero-order chi connectivity index (χ0) is 11.7. The fourth-order valence-corrected chi connectivity index (χ4v) is 2.68. The third kappa shape index (κ3) is 1.83. The number of rotatable bonds is 3. The molecule has 90 valence electrons. The Morgan fingerprint density at radius 2 is 2.12 bits per heavy atom. The Kier molecular flexibility index (Phi) is 3.22. The third-order valence-corrected chi connectivity index (χ3v) is 3.86. The maximum Gasteiger partial charge on any atom is 0.127 e. The Hall–Kier alpha value is -0.990. The molecule has 1 aromatic heterocycles. The number of fused-ring (bicyclic) bond motifs is 1. The third-order valence-electron chi connectivity index (χ3n) is 3.86. The lowest BCUT2D eigenvalue weighted by molar-refractivity contribution is 0.412. The fourth-order valence-electron chi connectivity index (χ4n) is 2.68. The molecular weight excluding hydrogens is 198 g/mol. The first-order chi connectivity index (χ1) is 7.67. The Balaban J connectivity index is 2.34. The molecule has 2 heterocycles. The molecule has 0 saturated carbocycles. The van der Waals surface area contributed by atoms with Gasteiger partial charge in [0.15, 0.2) is 0 Å². The van der Waals surface area contributed by atoms with Gasteiger partial charge in [0.1, 0.15) is 11.6 Å². The molecule has 3 nitrogen and oxygen atoms in total. The predicted molar refractivity (Wildman–Crippen MR) is 67.4 cm³/mol. The smallest absolute Gasteiger partial charge is 0.127 e. The molecule has 1 aromatic rings. The quantitative estimate of drug-likeness (QED) is 0.852. The molecule has 0 fully saturated rings. The van der Waals surface area contributed by atoms with Crippen molar-refractivity contribution >= 4 is 5.82 Å². The second kappa shape index (κ2) is 4.48. The van der Waals surface area contributed by atoms with E-state index in [-0.39, 0.29) is 0 Å². The highest BCUT2D eigenvalue weighted by Gasteiger charge is 2.24. The first kappa shape index (κ1) is 11.5. The van der Waals surface area contributed by atoms with Crippen LogP contribution in [0.3, 0.4) is 0 Å². The molecule has 1 aliphatic heterocycles. The van der Waals surface area contributed by atoms with Gasteiger partial charge >= 0.3 is 0 Å². The number of nitrogens with zero attached hydrogens (tertiary/aromatic N) is 2. The number of nitrogen functional groups attached to an aromatic ring is 1. The van der Waals surface area contributed by atoms with Crippen molar-refractivity contribution in [3.8, 4) is 0 Å². The van der Waals surface area contributed by atoms with Crippen LogP contribution in [0.25, 0.3) is 0 Å². The molecule has 0 aromatic carbocycles. The van der Waals surface area contributed by atoms with E-state index < -0.39 is 0 Å².